The molecule has 0 unspecified atom stereocenters. The average molecular weight is 214 g/mol. The molecule has 0 aliphatic heterocycles. The number of ether oxygens (including phenoxy) is 1. The lowest BCUT2D eigenvalue weighted by atomic mass is 10.3. The van der Waals surface area contributed by atoms with Gasteiger partial charge in [0.15, 0.2) is 0 Å². The molecule has 1 aromatic carbocycles. The van der Waals surface area contributed by atoms with Crippen LogP contribution in [0.1, 0.15) is 0 Å². The van der Waals surface area contributed by atoms with Crippen molar-refractivity contribution < 1.29 is 17.9 Å². The van der Waals surface area contributed by atoms with Gasteiger partial charge in [0.2, 0.25) is 10.7 Å². The van der Waals surface area contributed by atoms with Gasteiger partial charge in [-0.15, -0.1) is 0 Å². The van der Waals surface area contributed by atoms with Gasteiger partial charge in [-0.25, -0.2) is 8.42 Å². The van der Waals surface area contributed by atoms with Gasteiger partial charge in [0.05, 0.1) is 12.8 Å². The van der Waals surface area contributed by atoms with Gasteiger partial charge in [0.1, 0.15) is 5.75 Å². The van der Waals surface area contributed by atoms with E-state index in [4.69, 9.17) is 4.74 Å². The predicted molar refractivity (Wildman–Crippen MR) is 51.2 cm³/mol. The molecule has 0 heterocycles. The van der Waals surface area contributed by atoms with Crippen LogP contribution in [0, 0.1) is 6.07 Å². The van der Waals surface area contributed by atoms with E-state index in [1.165, 1.54) is 13.2 Å². The summed E-state index contributed by atoms with van der Waals surface area (Å²) >= 11 is 0. The van der Waals surface area contributed by atoms with Crippen LogP contribution in [0.3, 0.4) is 0 Å². The lowest BCUT2D eigenvalue weighted by molar-refractivity contribution is 0.268. The zero-order valence-electron chi connectivity index (χ0n) is 7.31. The highest BCUT2D eigenvalue weighted by molar-refractivity contribution is 7.89. The highest BCUT2D eigenvalue weighted by Crippen LogP contribution is 2.22. The summed E-state index contributed by atoms with van der Waals surface area (Å²) < 4.78 is 25.4. The van der Waals surface area contributed by atoms with Crippen molar-refractivity contribution in [2.75, 3.05) is 12.4 Å². The Morgan fingerprint density at radius 1 is 1.57 bits per heavy atom. The molecule has 1 aromatic rings. The van der Waals surface area contributed by atoms with E-state index in [1.54, 1.807) is 12.1 Å². The molecule has 0 fully saturated rings. The minimum Gasteiger partial charge on any atom is -0.495 e. The second-order valence-corrected chi connectivity index (χ2v) is 3.23. The smallest absolute Gasteiger partial charge is 0.338 e. The Hall–Kier alpha value is -1.56. The summed E-state index contributed by atoms with van der Waals surface area (Å²) in [6, 6.07) is 7.27. The Morgan fingerprint density at radius 2 is 2.29 bits per heavy atom. The number of thiol groups is 1. The van der Waals surface area contributed by atoms with Crippen molar-refractivity contribution in [2.24, 2.45) is 0 Å². The SMILES string of the molecule is COc1cc[c]cc1NC(=O)[SH](=O)=O. The van der Waals surface area contributed by atoms with Crippen molar-refractivity contribution in [3.63, 3.8) is 0 Å². The number of hydrogen-bond donors (Lipinski definition) is 2. The first kappa shape index (κ1) is 10.5. The van der Waals surface area contributed by atoms with Gasteiger partial charge in [-0.2, -0.15) is 0 Å². The van der Waals surface area contributed by atoms with Crippen molar-refractivity contribution >= 4 is 21.6 Å². The van der Waals surface area contributed by atoms with Gasteiger partial charge in [-0.3, -0.25) is 4.79 Å². The topological polar surface area (TPSA) is 72.5 Å². The van der Waals surface area contributed by atoms with Gasteiger partial charge in [-0.05, 0) is 18.2 Å². The lowest BCUT2D eigenvalue weighted by Crippen LogP contribution is -2.11. The Balaban J connectivity index is 2.91. The minimum absolute atomic E-state index is 0.277. The number of carbonyl (C=O) groups excluding carboxylic acids is 1. The molecule has 1 N–H and O–H groups in total. The fourth-order valence-electron chi connectivity index (χ4n) is 0.853. The van der Waals surface area contributed by atoms with E-state index in [1.807, 2.05) is 0 Å². The Kier molecular flexibility index (Phi) is 3.47. The molecule has 5 nitrogen and oxygen atoms in total. The number of amides is 1. The molecule has 0 saturated heterocycles. The van der Waals surface area contributed by atoms with Gasteiger partial charge in [0.25, 0.3) is 0 Å². The molecule has 0 atom stereocenters. The van der Waals surface area contributed by atoms with E-state index in [2.05, 4.69) is 11.4 Å². The number of carbonyl (C=O) groups is 1. The molecule has 6 heteroatoms. The van der Waals surface area contributed by atoms with E-state index < -0.39 is 15.9 Å². The van der Waals surface area contributed by atoms with Crippen molar-refractivity contribution in [2.45, 2.75) is 0 Å². The fraction of sp³-hybridized carbons (Fsp3) is 0.125. The van der Waals surface area contributed by atoms with Crippen LogP contribution in [0.2, 0.25) is 0 Å². The van der Waals surface area contributed by atoms with E-state index in [-0.39, 0.29) is 5.69 Å². The average Bonchev–Trinajstić information content (AvgIpc) is 2.18. The van der Waals surface area contributed by atoms with Gasteiger partial charge < -0.3 is 10.1 Å². The number of rotatable bonds is 2. The highest BCUT2D eigenvalue weighted by atomic mass is 32.2. The number of hydrogen-bond acceptors (Lipinski definition) is 4. The van der Waals surface area contributed by atoms with E-state index in [9.17, 15) is 13.2 Å². The van der Waals surface area contributed by atoms with Crippen LogP contribution in [0.4, 0.5) is 10.5 Å². The first-order valence-electron chi connectivity index (χ1n) is 3.64. The Bertz CT molecular complexity index is 406. The molecule has 75 valence electrons. The molecular formula is C8H8NO4S. The Labute approximate surface area is 82.6 Å². The lowest BCUT2D eigenvalue weighted by Gasteiger charge is -2.06. The number of methoxy groups -OCH3 is 1. The zero-order chi connectivity index (χ0) is 10.6. The van der Waals surface area contributed by atoms with Crippen LogP contribution in [0.25, 0.3) is 0 Å². The van der Waals surface area contributed by atoms with Gasteiger partial charge in [0, 0.05) is 0 Å². The summed E-state index contributed by atoms with van der Waals surface area (Å²) in [6.45, 7) is 0. The number of anilines is 1. The second kappa shape index (κ2) is 4.61. The maximum atomic E-state index is 10.8. The monoisotopic (exact) mass is 214 g/mol. The largest absolute Gasteiger partial charge is 0.495 e. The zero-order valence-corrected chi connectivity index (χ0v) is 8.21. The van der Waals surface area contributed by atoms with Crippen LogP contribution < -0.4 is 10.1 Å². The second-order valence-electron chi connectivity index (χ2n) is 2.31. The standard InChI is InChI=1S/C8H8NO4S/c1-13-7-5-3-2-4-6(7)9-8(10)14(11)12/h3-5,14H,1H3,(H,9,10). The summed E-state index contributed by atoms with van der Waals surface area (Å²) in [5.74, 6) is 0.383. The normalized spacial score (nSPS) is 9.86. The molecule has 1 rings (SSSR count). The molecule has 0 aliphatic rings. The van der Waals surface area contributed by atoms with Crippen LogP contribution in [-0.2, 0) is 10.7 Å². The van der Waals surface area contributed by atoms with Crippen LogP contribution in [-0.4, -0.2) is 20.8 Å². The summed E-state index contributed by atoms with van der Waals surface area (Å²) in [6.07, 6.45) is 0. The van der Waals surface area contributed by atoms with Crippen LogP contribution in [0.15, 0.2) is 18.2 Å². The maximum absolute atomic E-state index is 10.8. The van der Waals surface area contributed by atoms with Crippen LogP contribution in [0.5, 0.6) is 5.75 Å². The number of benzene rings is 1. The quantitative estimate of drug-likeness (QED) is 0.708. The summed E-state index contributed by atoms with van der Waals surface area (Å²) in [4.78, 5) is 10.8. The molecular weight excluding hydrogens is 206 g/mol. The fourth-order valence-corrected chi connectivity index (χ4v) is 1.06. The molecule has 14 heavy (non-hydrogen) atoms. The first-order valence-corrected chi connectivity index (χ1v) is 4.82. The maximum Gasteiger partial charge on any atom is 0.338 e. The molecule has 0 aliphatic carbocycles. The Morgan fingerprint density at radius 3 is 2.86 bits per heavy atom. The summed E-state index contributed by atoms with van der Waals surface area (Å²) in [5.41, 5.74) is 0.277. The predicted octanol–water partition coefficient (Wildman–Crippen LogP) is 0.639. The summed E-state index contributed by atoms with van der Waals surface area (Å²) in [5, 5.41) is 1.10. The highest BCUT2D eigenvalue weighted by Gasteiger charge is 2.07. The van der Waals surface area contributed by atoms with E-state index in [0.29, 0.717) is 5.75 Å². The summed E-state index contributed by atoms with van der Waals surface area (Å²) in [7, 11) is -1.70. The molecule has 0 bridgehead atoms. The van der Waals surface area contributed by atoms with Crippen molar-refractivity contribution in [3.8, 4) is 5.75 Å². The number of nitrogens with one attached hydrogen (secondary N) is 1. The van der Waals surface area contributed by atoms with Crippen molar-refractivity contribution in [1.82, 2.24) is 0 Å². The van der Waals surface area contributed by atoms with E-state index in [0.717, 1.165) is 0 Å². The van der Waals surface area contributed by atoms with Crippen LogP contribution >= 0.6 is 0 Å². The van der Waals surface area contributed by atoms with Crippen molar-refractivity contribution in [1.29, 1.82) is 0 Å². The van der Waals surface area contributed by atoms with Gasteiger partial charge >= 0.3 is 5.24 Å². The van der Waals surface area contributed by atoms with Crippen molar-refractivity contribution in [3.05, 3.63) is 24.3 Å². The third-order valence-corrected chi connectivity index (χ3v) is 1.89. The molecule has 0 saturated carbocycles. The first-order chi connectivity index (χ1) is 6.65. The molecule has 0 aromatic heterocycles. The minimum atomic E-state index is -3.12. The molecule has 0 spiro atoms. The third-order valence-electron chi connectivity index (χ3n) is 1.45. The molecule has 1 radical (unpaired) electrons. The third kappa shape index (κ3) is 2.46. The van der Waals surface area contributed by atoms with Gasteiger partial charge in [-0.1, -0.05) is 6.07 Å². The van der Waals surface area contributed by atoms with E-state index >= 15 is 0 Å². The molecule has 1 amide bonds.